The van der Waals surface area contributed by atoms with Gasteiger partial charge >= 0.3 is 11.9 Å². The first-order valence-corrected chi connectivity index (χ1v) is 19.1. The van der Waals surface area contributed by atoms with Crippen LogP contribution in [-0.2, 0) is 20.7 Å². The summed E-state index contributed by atoms with van der Waals surface area (Å²) < 4.78 is 34.2. The Labute approximate surface area is 293 Å². The van der Waals surface area contributed by atoms with Crippen LogP contribution in [0.4, 0.5) is 0 Å². The molecule has 0 N–H and O–H groups in total. The van der Waals surface area contributed by atoms with Crippen LogP contribution in [0.3, 0.4) is 0 Å². The summed E-state index contributed by atoms with van der Waals surface area (Å²) in [6.07, 6.45) is 23.1. The molecule has 0 unspecified atom stereocenters. The lowest BCUT2D eigenvalue weighted by Gasteiger charge is -2.34. The van der Waals surface area contributed by atoms with Gasteiger partial charge in [-0.1, -0.05) is 110 Å². The third-order valence-electron chi connectivity index (χ3n) is 10.6. The molecule has 8 heteroatoms. The molecule has 0 spiro atoms. The molecule has 0 aromatic heterocycles. The average molecular weight is 679 g/mol. The number of hydrogen-bond acceptors (Lipinski definition) is 8. The highest BCUT2D eigenvalue weighted by Crippen LogP contribution is 2.52. The second-order valence-corrected chi connectivity index (χ2v) is 14.1. The van der Waals surface area contributed by atoms with Crippen molar-refractivity contribution in [2.75, 3.05) is 27.6 Å². The van der Waals surface area contributed by atoms with Crippen LogP contribution in [0.15, 0.2) is 24.3 Å². The van der Waals surface area contributed by atoms with Crippen molar-refractivity contribution in [3.63, 3.8) is 0 Å². The minimum absolute atomic E-state index is 0.0457. The molecule has 2 aliphatic heterocycles. The summed E-state index contributed by atoms with van der Waals surface area (Å²) in [7, 11) is 3.09. The monoisotopic (exact) mass is 678 g/mol. The predicted molar refractivity (Wildman–Crippen MR) is 190 cm³/mol. The maximum absolute atomic E-state index is 13.0. The second-order valence-electron chi connectivity index (χ2n) is 14.1. The predicted octanol–water partition coefficient (Wildman–Crippen LogP) is 9.86. The third-order valence-corrected chi connectivity index (χ3v) is 10.6. The van der Waals surface area contributed by atoms with Gasteiger partial charge in [0.05, 0.1) is 26.7 Å². The third kappa shape index (κ3) is 9.85. The number of cyclic esters (lactones) is 1. The van der Waals surface area contributed by atoms with Gasteiger partial charge in [0.2, 0.25) is 12.5 Å². The van der Waals surface area contributed by atoms with E-state index in [0.29, 0.717) is 30.3 Å². The number of unbranched alkanes of at least 4 members (excludes halogenated alkanes) is 16. The van der Waals surface area contributed by atoms with E-state index in [0.717, 1.165) is 48.1 Å². The van der Waals surface area contributed by atoms with E-state index in [4.69, 9.17) is 28.4 Å². The van der Waals surface area contributed by atoms with E-state index < -0.39 is 0 Å². The van der Waals surface area contributed by atoms with Crippen molar-refractivity contribution in [2.45, 2.75) is 135 Å². The van der Waals surface area contributed by atoms with Crippen LogP contribution in [-0.4, -0.2) is 39.6 Å². The van der Waals surface area contributed by atoms with Crippen molar-refractivity contribution >= 4 is 11.9 Å². The molecule has 270 valence electrons. The maximum Gasteiger partial charge on any atom is 0.311 e. The zero-order valence-corrected chi connectivity index (χ0v) is 30.2. The van der Waals surface area contributed by atoms with Crippen LogP contribution in [0.25, 0.3) is 0 Å². The van der Waals surface area contributed by atoms with E-state index in [1.165, 1.54) is 89.9 Å². The van der Waals surface area contributed by atoms with E-state index in [-0.39, 0.29) is 42.2 Å². The van der Waals surface area contributed by atoms with Gasteiger partial charge in [-0.2, -0.15) is 0 Å². The van der Waals surface area contributed by atoms with Gasteiger partial charge in [0.25, 0.3) is 0 Å². The number of carbonyl (C=O) groups is 2. The van der Waals surface area contributed by atoms with Gasteiger partial charge in [-0.15, -0.1) is 0 Å². The zero-order chi connectivity index (χ0) is 34.4. The number of ether oxygens (including phenoxy) is 6. The summed E-state index contributed by atoms with van der Waals surface area (Å²) in [5.41, 5.74) is 2.93. The summed E-state index contributed by atoms with van der Waals surface area (Å²) in [6, 6.07) is 7.71. The van der Waals surface area contributed by atoms with Gasteiger partial charge in [-0.25, -0.2) is 0 Å². The van der Waals surface area contributed by atoms with Crippen molar-refractivity contribution in [1.29, 1.82) is 0 Å². The number of carbonyl (C=O) groups excluding carboxylic acids is 2. The molecule has 3 aliphatic rings. The highest BCUT2D eigenvalue weighted by Gasteiger charge is 2.48. The first-order valence-electron chi connectivity index (χ1n) is 19.1. The van der Waals surface area contributed by atoms with Crippen molar-refractivity contribution in [3.8, 4) is 28.7 Å². The van der Waals surface area contributed by atoms with Crippen molar-refractivity contribution in [2.24, 2.45) is 11.8 Å². The quantitative estimate of drug-likeness (QED) is 0.0691. The minimum Gasteiger partial charge on any atom is -0.493 e. The fraction of sp³-hybridized carbons (Fsp3) is 0.659. The molecule has 0 radical (unpaired) electrons. The molecule has 0 saturated carbocycles. The average Bonchev–Trinajstić information content (AvgIpc) is 3.73. The molecule has 0 amide bonds. The summed E-state index contributed by atoms with van der Waals surface area (Å²) in [6.45, 7) is 2.84. The van der Waals surface area contributed by atoms with E-state index in [1.54, 1.807) is 14.2 Å². The lowest BCUT2D eigenvalue weighted by molar-refractivity contribution is -0.141. The fourth-order valence-corrected chi connectivity index (χ4v) is 7.84. The molecule has 2 aromatic rings. The molecule has 2 heterocycles. The molecule has 0 bridgehead atoms. The van der Waals surface area contributed by atoms with Crippen molar-refractivity contribution in [1.82, 2.24) is 0 Å². The van der Waals surface area contributed by atoms with Crippen LogP contribution in [0.2, 0.25) is 0 Å². The minimum atomic E-state index is -0.351. The van der Waals surface area contributed by atoms with E-state index >= 15 is 0 Å². The van der Waals surface area contributed by atoms with E-state index in [2.05, 4.69) is 6.92 Å². The summed E-state index contributed by atoms with van der Waals surface area (Å²) >= 11 is 0. The number of rotatable bonds is 22. The second kappa shape index (κ2) is 19.1. The van der Waals surface area contributed by atoms with Crippen LogP contribution < -0.4 is 23.7 Å². The lowest BCUT2D eigenvalue weighted by atomic mass is 9.67. The number of esters is 2. The highest BCUT2D eigenvalue weighted by molar-refractivity contribution is 5.79. The van der Waals surface area contributed by atoms with Crippen LogP contribution >= 0.6 is 0 Å². The fourth-order valence-electron chi connectivity index (χ4n) is 7.84. The lowest BCUT2D eigenvalue weighted by Crippen LogP contribution is -2.31. The van der Waals surface area contributed by atoms with Crippen molar-refractivity contribution < 1.29 is 38.0 Å². The molecule has 1 aliphatic carbocycles. The molecule has 8 nitrogen and oxygen atoms in total. The SMILES string of the molecule is CCCCCCCCCCCCCCCCCCCC(=O)Oc1c(OC)cc([C@@H]2c3cc4c(cc3C[C@H]3COC(=O)[C@@H]32)OCO4)cc1OC. The molecular formula is C41H58O8. The largest absolute Gasteiger partial charge is 0.493 e. The molecular weight excluding hydrogens is 620 g/mol. The molecule has 3 atom stereocenters. The normalized spacial score (nSPS) is 18.9. The smallest absolute Gasteiger partial charge is 0.311 e. The summed E-state index contributed by atoms with van der Waals surface area (Å²) in [5.74, 6) is 1.31. The Kier molecular flexibility index (Phi) is 14.4. The molecule has 1 fully saturated rings. The Morgan fingerprint density at radius 3 is 1.80 bits per heavy atom. The van der Waals surface area contributed by atoms with Gasteiger partial charge < -0.3 is 28.4 Å². The van der Waals surface area contributed by atoms with Gasteiger partial charge in [-0.05, 0) is 53.8 Å². The summed E-state index contributed by atoms with van der Waals surface area (Å²) in [4.78, 5) is 26.0. The Morgan fingerprint density at radius 2 is 1.24 bits per heavy atom. The van der Waals surface area contributed by atoms with Crippen LogP contribution in [0.5, 0.6) is 28.7 Å². The van der Waals surface area contributed by atoms with E-state index in [1.807, 2.05) is 24.3 Å². The van der Waals surface area contributed by atoms with Gasteiger partial charge in [-0.3, -0.25) is 9.59 Å². The Morgan fingerprint density at radius 1 is 0.714 bits per heavy atom. The van der Waals surface area contributed by atoms with Gasteiger partial charge in [0.1, 0.15) is 0 Å². The molecule has 5 rings (SSSR count). The summed E-state index contributed by atoms with van der Waals surface area (Å²) in [5, 5.41) is 0. The number of methoxy groups -OCH3 is 2. The topological polar surface area (TPSA) is 89.5 Å². The number of fused-ring (bicyclic) bond motifs is 3. The first kappa shape index (κ1) is 36.9. The Bertz CT molecular complexity index is 1340. The standard InChI is InChI=1S/C41H58O8/c1-4-5-6-7-8-9-10-11-12-13-14-15-16-17-18-19-20-21-37(42)49-40-35(44-2)24-30(25-36(40)45-3)38-32-26-34-33(47-28-48-34)23-29(32)22-31-27-46-41(43)39(31)38/h23-26,31,38-39H,4-22,27-28H2,1-3H3/t31-,38+,39-/m0/s1. The van der Waals surface area contributed by atoms with E-state index in [9.17, 15) is 9.59 Å². The molecule has 1 saturated heterocycles. The Balaban J connectivity index is 1.07. The molecule has 49 heavy (non-hydrogen) atoms. The Hall–Kier alpha value is -3.42. The van der Waals surface area contributed by atoms with Gasteiger partial charge in [0, 0.05) is 18.3 Å². The maximum atomic E-state index is 13.0. The highest BCUT2D eigenvalue weighted by atomic mass is 16.7. The van der Waals surface area contributed by atoms with Gasteiger partial charge in [0.15, 0.2) is 23.0 Å². The van der Waals surface area contributed by atoms with Crippen LogP contribution in [0.1, 0.15) is 145 Å². The number of benzene rings is 2. The van der Waals surface area contributed by atoms with Crippen molar-refractivity contribution in [3.05, 3.63) is 41.0 Å². The molecule has 2 aromatic carbocycles. The number of hydrogen-bond donors (Lipinski definition) is 0. The zero-order valence-electron chi connectivity index (χ0n) is 30.2. The first-order chi connectivity index (χ1) is 24.0. The van der Waals surface area contributed by atoms with Crippen LogP contribution in [0, 0.1) is 11.8 Å².